The Morgan fingerprint density at radius 2 is 1.82 bits per heavy atom. The minimum Gasteiger partial charge on any atom is -0.398 e. The Morgan fingerprint density at radius 1 is 1.00 bits per heavy atom. The molecule has 1 heterocycles. The van der Waals surface area contributed by atoms with Crippen molar-refractivity contribution in [1.82, 2.24) is 8.75 Å². The van der Waals surface area contributed by atoms with Gasteiger partial charge < -0.3 is 5.73 Å². The van der Waals surface area contributed by atoms with Gasteiger partial charge in [-0.15, -0.1) is 0 Å². The molecule has 3 aromatic rings. The second kappa shape index (κ2) is 4.35. The summed E-state index contributed by atoms with van der Waals surface area (Å²) in [5.74, 6) is 0. The topological polar surface area (TPSA) is 51.8 Å². The molecule has 0 radical (unpaired) electrons. The lowest BCUT2D eigenvalue weighted by molar-refractivity contribution is 1.42. The Hall–Kier alpha value is -1.59. The number of hydrogen-bond donors (Lipinski definition) is 1. The smallest absolute Gasteiger partial charge is 0.105 e. The lowest BCUT2D eigenvalue weighted by Crippen LogP contribution is -1.86. The minimum atomic E-state index is 0.800. The number of benzene rings is 2. The molecule has 3 rings (SSSR count). The molecule has 0 aliphatic rings. The van der Waals surface area contributed by atoms with Crippen LogP contribution in [0.25, 0.3) is 11.0 Å². The molecular weight excluding hydrogens is 250 g/mol. The van der Waals surface area contributed by atoms with Crippen molar-refractivity contribution in [3.63, 3.8) is 0 Å². The lowest BCUT2D eigenvalue weighted by atomic mass is 10.3. The number of para-hydroxylation sites is 1. The van der Waals surface area contributed by atoms with Crippen molar-refractivity contribution in [2.45, 2.75) is 9.79 Å². The molecule has 0 saturated heterocycles. The maximum absolute atomic E-state index is 5.91. The van der Waals surface area contributed by atoms with Crippen LogP contribution in [-0.2, 0) is 0 Å². The second-order valence-electron chi connectivity index (χ2n) is 3.55. The summed E-state index contributed by atoms with van der Waals surface area (Å²) in [4.78, 5) is 2.19. The van der Waals surface area contributed by atoms with Gasteiger partial charge in [0.15, 0.2) is 0 Å². The van der Waals surface area contributed by atoms with Crippen LogP contribution in [0.4, 0.5) is 5.69 Å². The molecule has 0 spiro atoms. The standard InChI is InChI=1S/C12H9N3S2/c13-9-3-1-2-4-12(9)16-8-5-6-10-11(7-8)15-17-14-10/h1-7H,13H2. The van der Waals surface area contributed by atoms with E-state index >= 15 is 0 Å². The zero-order valence-corrected chi connectivity index (χ0v) is 10.5. The first-order chi connectivity index (χ1) is 8.33. The second-order valence-corrected chi connectivity index (χ2v) is 5.20. The normalized spacial score (nSPS) is 10.8. The van der Waals surface area contributed by atoms with Gasteiger partial charge >= 0.3 is 0 Å². The number of rotatable bonds is 2. The first kappa shape index (κ1) is 10.6. The number of anilines is 1. The van der Waals surface area contributed by atoms with E-state index in [0.717, 1.165) is 26.5 Å². The summed E-state index contributed by atoms with van der Waals surface area (Å²) in [7, 11) is 0. The largest absolute Gasteiger partial charge is 0.398 e. The minimum absolute atomic E-state index is 0.800. The van der Waals surface area contributed by atoms with E-state index < -0.39 is 0 Å². The number of aromatic nitrogens is 2. The maximum atomic E-state index is 5.91. The molecule has 84 valence electrons. The summed E-state index contributed by atoms with van der Waals surface area (Å²) in [5.41, 5.74) is 8.60. The van der Waals surface area contributed by atoms with Crippen LogP contribution in [0.2, 0.25) is 0 Å². The van der Waals surface area contributed by atoms with E-state index in [1.807, 2.05) is 42.5 Å². The molecule has 0 unspecified atom stereocenters. The summed E-state index contributed by atoms with van der Waals surface area (Å²) < 4.78 is 8.41. The summed E-state index contributed by atoms with van der Waals surface area (Å²) >= 11 is 2.88. The highest BCUT2D eigenvalue weighted by molar-refractivity contribution is 7.99. The quantitative estimate of drug-likeness (QED) is 0.716. The van der Waals surface area contributed by atoms with E-state index in [0.29, 0.717) is 0 Å². The van der Waals surface area contributed by atoms with E-state index in [1.54, 1.807) is 11.8 Å². The van der Waals surface area contributed by atoms with Gasteiger partial charge in [0, 0.05) is 15.5 Å². The fourth-order valence-electron chi connectivity index (χ4n) is 1.53. The molecule has 1 aromatic heterocycles. The zero-order chi connectivity index (χ0) is 11.7. The monoisotopic (exact) mass is 259 g/mol. The number of nitrogens with zero attached hydrogens (tertiary/aromatic N) is 2. The van der Waals surface area contributed by atoms with Crippen molar-refractivity contribution >= 4 is 40.2 Å². The molecule has 0 atom stereocenters. The molecule has 0 saturated carbocycles. The van der Waals surface area contributed by atoms with Gasteiger partial charge in [-0.1, -0.05) is 23.9 Å². The van der Waals surface area contributed by atoms with Crippen LogP contribution in [0, 0.1) is 0 Å². The average molecular weight is 259 g/mol. The number of hydrogen-bond acceptors (Lipinski definition) is 5. The third kappa shape index (κ3) is 2.11. The van der Waals surface area contributed by atoms with Gasteiger partial charge in [0.25, 0.3) is 0 Å². The average Bonchev–Trinajstić information content (AvgIpc) is 2.79. The zero-order valence-electron chi connectivity index (χ0n) is 8.83. The summed E-state index contributed by atoms with van der Waals surface area (Å²) in [5, 5.41) is 0. The van der Waals surface area contributed by atoms with Crippen LogP contribution in [0.5, 0.6) is 0 Å². The van der Waals surface area contributed by atoms with Crippen LogP contribution in [0.15, 0.2) is 52.3 Å². The number of nitrogen functional groups attached to an aromatic ring is 1. The summed E-state index contributed by atoms with van der Waals surface area (Å²) in [6.45, 7) is 0. The van der Waals surface area contributed by atoms with Crippen molar-refractivity contribution in [2.75, 3.05) is 5.73 Å². The molecular formula is C12H9N3S2. The Balaban J connectivity index is 1.97. The fourth-order valence-corrected chi connectivity index (χ4v) is 2.94. The van der Waals surface area contributed by atoms with E-state index in [2.05, 4.69) is 8.75 Å². The van der Waals surface area contributed by atoms with Gasteiger partial charge in [0.1, 0.15) is 11.0 Å². The molecule has 5 heteroatoms. The Bertz CT molecular complexity index is 663. The predicted molar refractivity (Wildman–Crippen MR) is 72.4 cm³/mol. The fraction of sp³-hybridized carbons (Fsp3) is 0. The predicted octanol–water partition coefficient (Wildman–Crippen LogP) is 3.42. The van der Waals surface area contributed by atoms with Crippen LogP contribution < -0.4 is 5.73 Å². The first-order valence-corrected chi connectivity index (χ1v) is 6.62. The van der Waals surface area contributed by atoms with Gasteiger partial charge in [-0.25, -0.2) is 0 Å². The Morgan fingerprint density at radius 3 is 2.71 bits per heavy atom. The molecule has 2 aromatic carbocycles. The van der Waals surface area contributed by atoms with Crippen LogP contribution in [0.3, 0.4) is 0 Å². The molecule has 3 nitrogen and oxygen atoms in total. The van der Waals surface area contributed by atoms with Crippen molar-refractivity contribution in [1.29, 1.82) is 0 Å². The highest BCUT2D eigenvalue weighted by Gasteiger charge is 2.04. The third-order valence-electron chi connectivity index (χ3n) is 2.37. The molecule has 0 bridgehead atoms. The molecule has 17 heavy (non-hydrogen) atoms. The SMILES string of the molecule is Nc1ccccc1Sc1ccc2nsnc2c1. The highest BCUT2D eigenvalue weighted by Crippen LogP contribution is 2.32. The maximum Gasteiger partial charge on any atom is 0.105 e. The third-order valence-corrected chi connectivity index (χ3v) is 4.01. The molecule has 0 amide bonds. The van der Waals surface area contributed by atoms with Crippen LogP contribution in [-0.4, -0.2) is 8.75 Å². The van der Waals surface area contributed by atoms with Crippen molar-refractivity contribution < 1.29 is 0 Å². The Kier molecular flexibility index (Phi) is 2.70. The molecule has 0 aliphatic carbocycles. The summed E-state index contributed by atoms with van der Waals surface area (Å²) in [6.07, 6.45) is 0. The molecule has 0 aliphatic heterocycles. The highest BCUT2D eigenvalue weighted by atomic mass is 32.2. The van der Waals surface area contributed by atoms with Crippen LogP contribution >= 0.6 is 23.5 Å². The summed E-state index contributed by atoms with van der Waals surface area (Å²) in [6, 6.07) is 13.9. The number of fused-ring (bicyclic) bond motifs is 1. The van der Waals surface area contributed by atoms with Gasteiger partial charge in [0.2, 0.25) is 0 Å². The van der Waals surface area contributed by atoms with E-state index in [9.17, 15) is 0 Å². The molecule has 2 N–H and O–H groups in total. The Labute approximate surface area is 107 Å². The lowest BCUT2D eigenvalue weighted by Gasteiger charge is -2.04. The van der Waals surface area contributed by atoms with E-state index in [1.165, 1.54) is 11.7 Å². The van der Waals surface area contributed by atoms with Crippen molar-refractivity contribution in [3.05, 3.63) is 42.5 Å². The van der Waals surface area contributed by atoms with Gasteiger partial charge in [-0.3, -0.25) is 0 Å². The number of nitrogens with two attached hydrogens (primary N) is 1. The van der Waals surface area contributed by atoms with Gasteiger partial charge in [-0.2, -0.15) is 8.75 Å². The first-order valence-electron chi connectivity index (χ1n) is 5.07. The van der Waals surface area contributed by atoms with Crippen molar-refractivity contribution in [2.24, 2.45) is 0 Å². The van der Waals surface area contributed by atoms with E-state index in [4.69, 9.17) is 5.73 Å². The van der Waals surface area contributed by atoms with Crippen LogP contribution in [0.1, 0.15) is 0 Å². The van der Waals surface area contributed by atoms with E-state index in [-0.39, 0.29) is 0 Å². The molecule has 0 fully saturated rings. The van der Waals surface area contributed by atoms with Gasteiger partial charge in [0.05, 0.1) is 11.7 Å². The van der Waals surface area contributed by atoms with Crippen molar-refractivity contribution in [3.8, 4) is 0 Å². The van der Waals surface area contributed by atoms with Gasteiger partial charge in [-0.05, 0) is 30.3 Å².